The van der Waals surface area contributed by atoms with E-state index in [0.717, 1.165) is 35.8 Å². The zero-order valence-electron chi connectivity index (χ0n) is 16.7. The smallest absolute Gasteiger partial charge is 0.339 e. The van der Waals surface area contributed by atoms with Crippen molar-refractivity contribution in [2.24, 2.45) is 0 Å². The molecule has 1 aromatic heterocycles. The summed E-state index contributed by atoms with van der Waals surface area (Å²) in [6, 6.07) is 18.3. The predicted octanol–water partition coefficient (Wildman–Crippen LogP) is 5.65. The number of anilines is 1. The molecule has 1 aliphatic heterocycles. The third kappa shape index (κ3) is 4.54. The second kappa shape index (κ2) is 9.39. The van der Waals surface area contributed by atoms with Gasteiger partial charge in [0.05, 0.1) is 17.3 Å². The first-order valence-electron chi connectivity index (χ1n) is 10.3. The van der Waals surface area contributed by atoms with E-state index in [4.69, 9.17) is 4.98 Å². The summed E-state index contributed by atoms with van der Waals surface area (Å²) in [5.41, 5.74) is 2.96. The van der Waals surface area contributed by atoms with Crippen LogP contribution in [0.15, 0.2) is 65.3 Å². The van der Waals surface area contributed by atoms with Gasteiger partial charge in [-0.1, -0.05) is 77.3 Å². The van der Waals surface area contributed by atoms with Gasteiger partial charge in [0.1, 0.15) is 0 Å². The number of aromatic nitrogens is 2. The Morgan fingerprint density at radius 2 is 1.83 bits per heavy atom. The van der Waals surface area contributed by atoms with Gasteiger partial charge in [-0.2, -0.15) is 0 Å². The standard InChI is InChI=1S/C24H24BrN3O2/c25-20-12-7-6-11-18(20)22-13-5-2-8-14-28(22)24-26-16-19(23(29)30)21(27-24)15-17-9-3-1-4-10-17/h1,3-4,6-7,9-12,16,22H,2,5,8,13-15H2,(H,29,30)/t22-/m1/s1. The van der Waals surface area contributed by atoms with E-state index in [9.17, 15) is 9.90 Å². The van der Waals surface area contributed by atoms with Crippen molar-refractivity contribution >= 4 is 27.8 Å². The van der Waals surface area contributed by atoms with Crippen LogP contribution in [0.3, 0.4) is 0 Å². The van der Waals surface area contributed by atoms with Crippen LogP contribution in [0, 0.1) is 0 Å². The Morgan fingerprint density at radius 3 is 2.60 bits per heavy atom. The van der Waals surface area contributed by atoms with Gasteiger partial charge in [0.15, 0.2) is 0 Å². The highest BCUT2D eigenvalue weighted by Crippen LogP contribution is 2.36. The van der Waals surface area contributed by atoms with Crippen molar-refractivity contribution in [3.05, 3.63) is 87.7 Å². The third-order valence-electron chi connectivity index (χ3n) is 5.57. The molecule has 0 amide bonds. The second-order valence-corrected chi connectivity index (χ2v) is 8.43. The van der Waals surface area contributed by atoms with Crippen LogP contribution in [0.4, 0.5) is 5.95 Å². The maximum absolute atomic E-state index is 11.8. The molecule has 154 valence electrons. The maximum atomic E-state index is 11.8. The highest BCUT2D eigenvalue weighted by Gasteiger charge is 2.27. The van der Waals surface area contributed by atoms with Gasteiger partial charge in [-0.05, 0) is 30.0 Å². The number of carbonyl (C=O) groups is 1. The summed E-state index contributed by atoms with van der Waals surface area (Å²) in [7, 11) is 0. The van der Waals surface area contributed by atoms with E-state index in [1.165, 1.54) is 18.2 Å². The van der Waals surface area contributed by atoms with Crippen molar-refractivity contribution in [3.8, 4) is 0 Å². The van der Waals surface area contributed by atoms with Gasteiger partial charge in [0.2, 0.25) is 5.95 Å². The molecule has 0 aliphatic carbocycles. The molecule has 0 radical (unpaired) electrons. The predicted molar refractivity (Wildman–Crippen MR) is 121 cm³/mol. The van der Waals surface area contributed by atoms with E-state index in [1.54, 1.807) is 0 Å². The molecule has 30 heavy (non-hydrogen) atoms. The molecule has 4 rings (SSSR count). The SMILES string of the molecule is O=C(O)c1cnc(N2CCCCC[C@@H]2c2ccccc2Br)nc1Cc1ccccc1. The van der Waals surface area contributed by atoms with Crippen molar-refractivity contribution < 1.29 is 9.90 Å². The summed E-state index contributed by atoms with van der Waals surface area (Å²) in [6.45, 7) is 0.850. The monoisotopic (exact) mass is 465 g/mol. The summed E-state index contributed by atoms with van der Waals surface area (Å²) >= 11 is 3.70. The molecule has 3 aromatic rings. The van der Waals surface area contributed by atoms with Crippen molar-refractivity contribution in [1.29, 1.82) is 0 Å². The average Bonchev–Trinajstić information content (AvgIpc) is 3.01. The third-order valence-corrected chi connectivity index (χ3v) is 6.30. The number of carboxylic acids is 1. The van der Waals surface area contributed by atoms with Crippen molar-refractivity contribution in [2.75, 3.05) is 11.4 Å². The molecular weight excluding hydrogens is 442 g/mol. The molecule has 1 fully saturated rings. The second-order valence-electron chi connectivity index (χ2n) is 7.58. The molecule has 1 atom stereocenters. The number of benzene rings is 2. The zero-order chi connectivity index (χ0) is 20.9. The summed E-state index contributed by atoms with van der Waals surface area (Å²) in [4.78, 5) is 23.3. The molecule has 0 spiro atoms. The molecule has 0 saturated carbocycles. The van der Waals surface area contributed by atoms with Crippen LogP contribution in [0.25, 0.3) is 0 Å². The Kier molecular flexibility index (Phi) is 6.43. The van der Waals surface area contributed by atoms with Gasteiger partial charge in [-0.3, -0.25) is 0 Å². The van der Waals surface area contributed by atoms with Gasteiger partial charge in [-0.25, -0.2) is 14.8 Å². The summed E-state index contributed by atoms with van der Waals surface area (Å²) < 4.78 is 1.08. The van der Waals surface area contributed by atoms with Crippen LogP contribution in [-0.2, 0) is 6.42 Å². The van der Waals surface area contributed by atoms with E-state index >= 15 is 0 Å². The fourth-order valence-electron chi connectivity index (χ4n) is 4.06. The van der Waals surface area contributed by atoms with Crippen LogP contribution in [-0.4, -0.2) is 27.6 Å². The molecule has 2 aromatic carbocycles. The lowest BCUT2D eigenvalue weighted by Gasteiger charge is -2.31. The summed E-state index contributed by atoms with van der Waals surface area (Å²) in [5, 5.41) is 9.66. The number of carboxylic acid groups (broad SMARTS) is 1. The lowest BCUT2D eigenvalue weighted by atomic mass is 10.0. The Labute approximate surface area is 184 Å². The molecule has 0 bridgehead atoms. The van der Waals surface area contributed by atoms with Crippen LogP contribution in [0.1, 0.15) is 58.9 Å². The molecule has 1 N–H and O–H groups in total. The zero-order valence-corrected chi connectivity index (χ0v) is 18.3. The largest absolute Gasteiger partial charge is 0.478 e. The first-order chi connectivity index (χ1) is 14.6. The maximum Gasteiger partial charge on any atom is 0.339 e. The van der Waals surface area contributed by atoms with E-state index < -0.39 is 5.97 Å². The molecular formula is C24H24BrN3O2. The van der Waals surface area contributed by atoms with Gasteiger partial charge in [-0.15, -0.1) is 0 Å². The lowest BCUT2D eigenvalue weighted by molar-refractivity contribution is 0.0695. The number of aromatic carboxylic acids is 1. The van der Waals surface area contributed by atoms with Crippen molar-refractivity contribution in [1.82, 2.24) is 9.97 Å². The highest BCUT2D eigenvalue weighted by molar-refractivity contribution is 9.10. The topological polar surface area (TPSA) is 66.3 Å². The Morgan fingerprint density at radius 1 is 1.07 bits per heavy atom. The minimum atomic E-state index is -0.995. The lowest BCUT2D eigenvalue weighted by Crippen LogP contribution is -2.31. The average molecular weight is 466 g/mol. The van der Waals surface area contributed by atoms with Gasteiger partial charge in [0.25, 0.3) is 0 Å². The molecule has 5 nitrogen and oxygen atoms in total. The van der Waals surface area contributed by atoms with Gasteiger partial charge in [0, 0.05) is 23.6 Å². The summed E-state index contributed by atoms with van der Waals surface area (Å²) in [5.74, 6) is -0.390. The first-order valence-corrected chi connectivity index (χ1v) is 11.1. The Hall–Kier alpha value is -2.73. The highest BCUT2D eigenvalue weighted by atomic mass is 79.9. The fourth-order valence-corrected chi connectivity index (χ4v) is 4.61. The van der Waals surface area contributed by atoms with E-state index in [1.807, 2.05) is 36.4 Å². The quantitative estimate of drug-likeness (QED) is 0.527. The Balaban J connectivity index is 1.74. The summed E-state index contributed by atoms with van der Waals surface area (Å²) in [6.07, 6.45) is 6.32. The number of rotatable bonds is 5. The van der Waals surface area contributed by atoms with Crippen molar-refractivity contribution in [2.45, 2.75) is 38.1 Å². The normalized spacial score (nSPS) is 16.8. The molecule has 2 heterocycles. The number of hydrogen-bond donors (Lipinski definition) is 1. The van der Waals surface area contributed by atoms with Crippen LogP contribution in [0.5, 0.6) is 0 Å². The fraction of sp³-hybridized carbons (Fsp3) is 0.292. The molecule has 1 saturated heterocycles. The molecule has 6 heteroatoms. The van der Waals surface area contributed by atoms with E-state index in [-0.39, 0.29) is 11.6 Å². The molecule has 0 unspecified atom stereocenters. The number of hydrogen-bond acceptors (Lipinski definition) is 4. The minimum absolute atomic E-state index is 0.156. The van der Waals surface area contributed by atoms with E-state index in [0.29, 0.717) is 18.1 Å². The first kappa shape index (κ1) is 20.5. The number of nitrogens with zero attached hydrogens (tertiary/aromatic N) is 3. The van der Waals surface area contributed by atoms with Crippen LogP contribution < -0.4 is 4.90 Å². The van der Waals surface area contributed by atoms with Crippen LogP contribution >= 0.6 is 15.9 Å². The van der Waals surface area contributed by atoms with Gasteiger partial charge < -0.3 is 10.0 Å². The van der Waals surface area contributed by atoms with Crippen LogP contribution in [0.2, 0.25) is 0 Å². The van der Waals surface area contributed by atoms with E-state index in [2.05, 4.69) is 44.0 Å². The van der Waals surface area contributed by atoms with Gasteiger partial charge >= 0.3 is 5.97 Å². The Bertz CT molecular complexity index is 1030. The number of halogens is 1. The minimum Gasteiger partial charge on any atom is -0.478 e. The van der Waals surface area contributed by atoms with Crippen molar-refractivity contribution in [3.63, 3.8) is 0 Å². The molecule has 1 aliphatic rings.